The van der Waals surface area contributed by atoms with Crippen LogP contribution in [-0.2, 0) is 9.53 Å². The van der Waals surface area contributed by atoms with E-state index in [0.29, 0.717) is 16.2 Å². The summed E-state index contributed by atoms with van der Waals surface area (Å²) in [5.41, 5.74) is 0.512. The number of hydrogen-bond donors (Lipinski definition) is 1. The average Bonchev–Trinajstić information content (AvgIpc) is 3.20. The van der Waals surface area contributed by atoms with Gasteiger partial charge >= 0.3 is 5.97 Å². The predicted octanol–water partition coefficient (Wildman–Crippen LogP) is 2.77. The summed E-state index contributed by atoms with van der Waals surface area (Å²) in [6.07, 6.45) is 0. The number of halogens is 1. The molecule has 0 atom stereocenters. The normalized spacial score (nSPS) is 11.9. The second-order valence-corrected chi connectivity index (χ2v) is 5.82. The molecule has 0 saturated carbocycles. The van der Waals surface area contributed by atoms with Gasteiger partial charge in [-0.3, -0.25) is 9.59 Å². The lowest BCUT2D eigenvalue weighted by molar-refractivity contribution is -0.119. The Morgan fingerprint density at radius 2 is 1.92 bits per heavy atom. The van der Waals surface area contributed by atoms with E-state index < -0.39 is 18.5 Å². The zero-order chi connectivity index (χ0) is 18.0. The average molecular weight is 410 g/mol. The third-order valence-electron chi connectivity index (χ3n) is 3.27. The van der Waals surface area contributed by atoms with Crippen molar-refractivity contribution < 1.29 is 33.0 Å². The molecule has 1 aromatic heterocycles. The van der Waals surface area contributed by atoms with E-state index in [4.69, 9.17) is 18.6 Å². The maximum absolute atomic E-state index is 12.0. The fourth-order valence-corrected chi connectivity index (χ4v) is 2.46. The number of ether oxygens (including phenoxy) is 3. The molecule has 2 aromatic rings. The third kappa shape index (κ3) is 3.82. The van der Waals surface area contributed by atoms with Crippen molar-refractivity contribution in [2.24, 2.45) is 0 Å². The lowest BCUT2D eigenvalue weighted by atomic mass is 10.1. The summed E-state index contributed by atoms with van der Waals surface area (Å²) < 4.78 is 20.7. The van der Waals surface area contributed by atoms with Gasteiger partial charge in [-0.25, -0.2) is 4.79 Å². The van der Waals surface area contributed by atoms with Gasteiger partial charge in [0.25, 0.3) is 5.91 Å². The fraction of sp³-hybridized carbons (Fsp3) is 0.188. The largest absolute Gasteiger partial charge is 0.454 e. The molecule has 0 bridgehead atoms. The van der Waals surface area contributed by atoms with Crippen molar-refractivity contribution in [3.8, 4) is 11.5 Å². The standard InChI is InChI=1S/C16H12BrNO7/c1-8(19)9-4-12-13(24-7-23-12)5-10(9)18-15(20)6-22-16(21)11-2-3-14(17)25-11/h2-5H,6-7H2,1H3,(H,18,20). The molecule has 0 spiro atoms. The Kier molecular flexibility index (Phi) is 4.75. The third-order valence-corrected chi connectivity index (χ3v) is 3.70. The number of carbonyl (C=O) groups is 3. The van der Waals surface area contributed by atoms with Crippen molar-refractivity contribution in [2.75, 3.05) is 18.7 Å². The van der Waals surface area contributed by atoms with Crippen LogP contribution < -0.4 is 14.8 Å². The molecule has 1 aromatic carbocycles. The molecule has 0 aliphatic carbocycles. The van der Waals surface area contributed by atoms with E-state index in [1.165, 1.54) is 31.2 Å². The highest BCUT2D eigenvalue weighted by Gasteiger charge is 2.21. The van der Waals surface area contributed by atoms with Crippen LogP contribution in [0.15, 0.2) is 33.4 Å². The van der Waals surface area contributed by atoms with Crippen LogP contribution in [-0.4, -0.2) is 31.1 Å². The quantitative estimate of drug-likeness (QED) is 0.597. The number of esters is 1. The predicted molar refractivity (Wildman–Crippen MR) is 87.9 cm³/mol. The summed E-state index contributed by atoms with van der Waals surface area (Å²) in [4.78, 5) is 35.5. The molecule has 3 rings (SSSR count). The van der Waals surface area contributed by atoms with Crippen molar-refractivity contribution in [2.45, 2.75) is 6.92 Å². The first-order chi connectivity index (χ1) is 11.9. The Labute approximate surface area is 150 Å². The van der Waals surface area contributed by atoms with Crippen LogP contribution in [0.2, 0.25) is 0 Å². The van der Waals surface area contributed by atoms with Gasteiger partial charge in [0.15, 0.2) is 28.6 Å². The Morgan fingerprint density at radius 3 is 2.56 bits per heavy atom. The van der Waals surface area contributed by atoms with E-state index in [1.807, 2.05) is 0 Å². The maximum Gasteiger partial charge on any atom is 0.374 e. The van der Waals surface area contributed by atoms with Gasteiger partial charge in [-0.2, -0.15) is 0 Å². The highest BCUT2D eigenvalue weighted by Crippen LogP contribution is 2.37. The van der Waals surface area contributed by atoms with Gasteiger partial charge in [0.05, 0.1) is 5.69 Å². The lowest BCUT2D eigenvalue weighted by Gasteiger charge is -2.10. The molecule has 0 radical (unpaired) electrons. The van der Waals surface area contributed by atoms with E-state index in [0.717, 1.165) is 0 Å². The highest BCUT2D eigenvalue weighted by atomic mass is 79.9. The van der Waals surface area contributed by atoms with E-state index in [9.17, 15) is 14.4 Å². The van der Waals surface area contributed by atoms with E-state index in [2.05, 4.69) is 21.2 Å². The molecule has 9 heteroatoms. The van der Waals surface area contributed by atoms with Crippen LogP contribution in [0.1, 0.15) is 27.8 Å². The number of rotatable bonds is 5. The van der Waals surface area contributed by atoms with Crippen molar-refractivity contribution in [3.63, 3.8) is 0 Å². The molecule has 1 N–H and O–H groups in total. The Morgan fingerprint density at radius 1 is 1.20 bits per heavy atom. The van der Waals surface area contributed by atoms with Crippen LogP contribution >= 0.6 is 15.9 Å². The molecule has 25 heavy (non-hydrogen) atoms. The summed E-state index contributed by atoms with van der Waals surface area (Å²) in [5, 5.41) is 2.52. The number of benzene rings is 1. The van der Waals surface area contributed by atoms with Crippen molar-refractivity contribution in [1.82, 2.24) is 0 Å². The minimum Gasteiger partial charge on any atom is -0.454 e. The SMILES string of the molecule is CC(=O)c1cc2c(cc1NC(=O)COC(=O)c1ccc(Br)o1)OCO2. The number of furan rings is 1. The van der Waals surface area contributed by atoms with Crippen LogP contribution in [0.25, 0.3) is 0 Å². The van der Waals surface area contributed by atoms with Crippen LogP contribution in [0.4, 0.5) is 5.69 Å². The molecular formula is C16H12BrNO7. The van der Waals surface area contributed by atoms with Gasteiger partial charge in [-0.15, -0.1) is 0 Å². The van der Waals surface area contributed by atoms with Crippen LogP contribution in [0.3, 0.4) is 0 Å². The molecule has 2 heterocycles. The van der Waals surface area contributed by atoms with E-state index in [-0.39, 0.29) is 29.6 Å². The number of nitrogens with one attached hydrogen (secondary N) is 1. The van der Waals surface area contributed by atoms with E-state index >= 15 is 0 Å². The zero-order valence-corrected chi connectivity index (χ0v) is 14.5. The summed E-state index contributed by atoms with van der Waals surface area (Å²) in [7, 11) is 0. The first-order valence-corrected chi connectivity index (χ1v) is 7.90. The van der Waals surface area contributed by atoms with Crippen molar-refractivity contribution in [3.05, 3.63) is 40.3 Å². The number of hydrogen-bond acceptors (Lipinski definition) is 7. The van der Waals surface area contributed by atoms with Gasteiger partial charge in [-0.1, -0.05) is 0 Å². The molecule has 0 unspecified atom stereocenters. The fourth-order valence-electron chi connectivity index (χ4n) is 2.15. The summed E-state index contributed by atoms with van der Waals surface area (Å²) >= 11 is 3.06. The van der Waals surface area contributed by atoms with Crippen molar-refractivity contribution in [1.29, 1.82) is 0 Å². The number of Topliss-reactive ketones (excluding diaryl/α,β-unsaturated/α-hetero) is 1. The second-order valence-electron chi connectivity index (χ2n) is 5.04. The molecular weight excluding hydrogens is 398 g/mol. The minimum atomic E-state index is -0.779. The first kappa shape index (κ1) is 17.0. The summed E-state index contributed by atoms with van der Waals surface area (Å²) in [5.74, 6) is -0.840. The number of amides is 1. The Hall–Kier alpha value is -2.81. The topological polar surface area (TPSA) is 104 Å². The van der Waals surface area contributed by atoms with Crippen molar-refractivity contribution >= 4 is 39.3 Å². The number of carbonyl (C=O) groups excluding carboxylic acids is 3. The molecule has 8 nitrogen and oxygen atoms in total. The van der Waals surface area contributed by atoms with Gasteiger partial charge in [0, 0.05) is 11.6 Å². The highest BCUT2D eigenvalue weighted by molar-refractivity contribution is 9.10. The second kappa shape index (κ2) is 6.98. The molecule has 1 amide bonds. The van der Waals surface area contributed by atoms with Gasteiger partial charge in [0.1, 0.15) is 0 Å². The van der Waals surface area contributed by atoms with Gasteiger partial charge in [0.2, 0.25) is 12.6 Å². The molecule has 1 aliphatic rings. The zero-order valence-electron chi connectivity index (χ0n) is 13.0. The summed E-state index contributed by atoms with van der Waals surface area (Å²) in [6, 6.07) is 5.92. The Bertz CT molecular complexity index is 858. The smallest absolute Gasteiger partial charge is 0.374 e. The molecule has 130 valence electrons. The number of ketones is 1. The Balaban J connectivity index is 1.66. The summed E-state index contributed by atoms with van der Waals surface area (Å²) in [6.45, 7) is 0.866. The monoisotopic (exact) mass is 409 g/mol. The van der Waals surface area contributed by atoms with E-state index in [1.54, 1.807) is 0 Å². The molecule has 1 aliphatic heterocycles. The van der Waals surface area contributed by atoms with Gasteiger partial charge in [-0.05, 0) is 41.1 Å². The van der Waals surface area contributed by atoms with Crippen LogP contribution in [0.5, 0.6) is 11.5 Å². The van der Waals surface area contributed by atoms with Crippen LogP contribution in [0, 0.1) is 0 Å². The minimum absolute atomic E-state index is 0.0350. The first-order valence-electron chi connectivity index (χ1n) is 7.11. The molecule has 0 saturated heterocycles. The number of anilines is 1. The van der Waals surface area contributed by atoms with Gasteiger partial charge < -0.3 is 23.9 Å². The molecule has 0 fully saturated rings. The number of fused-ring (bicyclic) bond motifs is 1. The lowest BCUT2D eigenvalue weighted by Crippen LogP contribution is -2.21. The maximum atomic E-state index is 12.0.